The monoisotopic (exact) mass is 593 g/mol. The van der Waals surface area contributed by atoms with Crippen molar-refractivity contribution in [1.29, 1.82) is 0 Å². The molecule has 0 heterocycles. The second-order valence-electron chi connectivity index (χ2n) is 10.4. The molecule has 1 fully saturated rings. The number of benzene rings is 2. The minimum absolute atomic E-state index is 0.138. The van der Waals surface area contributed by atoms with E-state index in [1.165, 1.54) is 12.1 Å². The lowest BCUT2D eigenvalue weighted by Gasteiger charge is -2.27. The molecule has 222 valence electrons. The van der Waals surface area contributed by atoms with Crippen LogP contribution in [0.5, 0.6) is 0 Å². The maximum Gasteiger partial charge on any atom is 0.416 e. The zero-order valence-electron chi connectivity index (χ0n) is 22.3. The van der Waals surface area contributed by atoms with Crippen LogP contribution in [-0.2, 0) is 27.4 Å². The SMILES string of the molecule is CN(C)CC[C@H](CCc1ccc(C(F)(F)F)cc1)Nc1c(F)cc(S(=O)(=O)NC(=O)C2(F)CCCCC2)cc1F. The molecule has 0 bridgehead atoms. The Hall–Kier alpha value is -2.80. The van der Waals surface area contributed by atoms with Gasteiger partial charge in [-0.3, -0.25) is 4.79 Å². The molecule has 1 aliphatic rings. The van der Waals surface area contributed by atoms with Crippen molar-refractivity contribution in [2.24, 2.45) is 0 Å². The minimum atomic E-state index is -4.75. The smallest absolute Gasteiger partial charge is 0.378 e. The Morgan fingerprint density at radius 1 is 1.00 bits per heavy atom. The van der Waals surface area contributed by atoms with Gasteiger partial charge in [0.1, 0.15) is 5.69 Å². The topological polar surface area (TPSA) is 78.5 Å². The van der Waals surface area contributed by atoms with Crippen molar-refractivity contribution >= 4 is 21.6 Å². The lowest BCUT2D eigenvalue weighted by molar-refractivity contribution is -0.137. The lowest BCUT2D eigenvalue weighted by Crippen LogP contribution is -2.46. The molecular formula is C27H33F6N3O3S. The van der Waals surface area contributed by atoms with Gasteiger partial charge in [-0.1, -0.05) is 18.6 Å². The van der Waals surface area contributed by atoms with Crippen molar-refractivity contribution in [2.75, 3.05) is 26.0 Å². The molecule has 0 saturated heterocycles. The van der Waals surface area contributed by atoms with Crippen LogP contribution >= 0.6 is 0 Å². The van der Waals surface area contributed by atoms with Crippen molar-refractivity contribution in [1.82, 2.24) is 9.62 Å². The van der Waals surface area contributed by atoms with Gasteiger partial charge in [-0.15, -0.1) is 0 Å². The lowest BCUT2D eigenvalue weighted by atomic mass is 9.86. The second-order valence-corrected chi connectivity index (χ2v) is 12.1. The predicted octanol–water partition coefficient (Wildman–Crippen LogP) is 5.83. The summed E-state index contributed by atoms with van der Waals surface area (Å²) in [5.74, 6) is -3.82. The zero-order chi connectivity index (χ0) is 29.7. The number of alkyl halides is 4. The first-order chi connectivity index (χ1) is 18.6. The summed E-state index contributed by atoms with van der Waals surface area (Å²) in [7, 11) is -1.15. The first kappa shape index (κ1) is 31.7. The summed E-state index contributed by atoms with van der Waals surface area (Å²) in [6.45, 7) is 0.525. The number of carbonyl (C=O) groups excluding carboxylic acids is 1. The van der Waals surface area contributed by atoms with Gasteiger partial charge in [0.05, 0.1) is 10.5 Å². The number of rotatable bonds is 11. The van der Waals surface area contributed by atoms with E-state index in [4.69, 9.17) is 0 Å². The van der Waals surface area contributed by atoms with E-state index in [2.05, 4.69) is 5.32 Å². The maximum atomic E-state index is 15.0. The molecule has 1 aliphatic carbocycles. The van der Waals surface area contributed by atoms with E-state index in [-0.39, 0.29) is 12.8 Å². The van der Waals surface area contributed by atoms with Crippen LogP contribution in [0.4, 0.5) is 32.0 Å². The zero-order valence-corrected chi connectivity index (χ0v) is 23.1. The summed E-state index contributed by atoms with van der Waals surface area (Å²) >= 11 is 0. The number of aryl methyl sites for hydroxylation is 1. The molecule has 3 rings (SSSR count). The third-order valence-electron chi connectivity index (χ3n) is 6.94. The molecule has 1 saturated carbocycles. The van der Waals surface area contributed by atoms with E-state index in [0.29, 0.717) is 56.3 Å². The molecule has 0 aliphatic heterocycles. The van der Waals surface area contributed by atoms with Gasteiger partial charge in [-0.05, 0) is 95.4 Å². The van der Waals surface area contributed by atoms with E-state index >= 15 is 8.78 Å². The van der Waals surface area contributed by atoms with Crippen LogP contribution in [0.3, 0.4) is 0 Å². The standard InChI is InChI=1S/C27H33F6N3O3S/c1-36(2)15-12-20(11-8-18-6-9-19(10-7-18)27(31,32)33)34-24-22(28)16-21(17-23(24)29)40(38,39)35-25(37)26(30)13-4-3-5-14-26/h6-7,9-10,16-17,20,34H,3-5,8,11-15H2,1-2H3,(H,35,37)/t20-/m0/s1. The van der Waals surface area contributed by atoms with Gasteiger partial charge in [-0.2, -0.15) is 13.2 Å². The fraction of sp³-hybridized carbons (Fsp3) is 0.519. The summed E-state index contributed by atoms with van der Waals surface area (Å²) in [6, 6.07) is 5.19. The predicted molar refractivity (Wildman–Crippen MR) is 139 cm³/mol. The highest BCUT2D eigenvalue weighted by Crippen LogP contribution is 2.33. The van der Waals surface area contributed by atoms with E-state index in [1.807, 2.05) is 4.90 Å². The van der Waals surface area contributed by atoms with Gasteiger partial charge < -0.3 is 10.2 Å². The number of hydrogen-bond donors (Lipinski definition) is 2. The van der Waals surface area contributed by atoms with Crippen molar-refractivity contribution in [3.63, 3.8) is 0 Å². The second kappa shape index (κ2) is 12.8. The van der Waals surface area contributed by atoms with Crippen LogP contribution < -0.4 is 10.0 Å². The number of amides is 1. The first-order valence-corrected chi connectivity index (χ1v) is 14.4. The van der Waals surface area contributed by atoms with E-state index < -0.39 is 61.6 Å². The van der Waals surface area contributed by atoms with Crippen molar-refractivity contribution in [3.05, 3.63) is 59.2 Å². The van der Waals surface area contributed by atoms with Gasteiger partial charge in [-0.25, -0.2) is 26.3 Å². The van der Waals surface area contributed by atoms with E-state index in [0.717, 1.165) is 18.6 Å². The number of carbonyl (C=O) groups is 1. The van der Waals surface area contributed by atoms with Crippen LogP contribution in [0, 0.1) is 11.6 Å². The highest BCUT2D eigenvalue weighted by Gasteiger charge is 2.41. The Bertz CT molecular complexity index is 1250. The van der Waals surface area contributed by atoms with Crippen molar-refractivity contribution in [3.8, 4) is 0 Å². The molecule has 1 atom stereocenters. The number of nitrogens with zero attached hydrogens (tertiary/aromatic N) is 1. The van der Waals surface area contributed by atoms with Gasteiger partial charge in [0.25, 0.3) is 15.9 Å². The number of halogens is 6. The first-order valence-electron chi connectivity index (χ1n) is 12.9. The number of sulfonamides is 1. The average Bonchev–Trinajstić information content (AvgIpc) is 2.87. The Kier molecular flexibility index (Phi) is 10.2. The minimum Gasteiger partial charge on any atom is -0.378 e. The van der Waals surface area contributed by atoms with Crippen LogP contribution in [0.1, 0.15) is 56.1 Å². The van der Waals surface area contributed by atoms with Gasteiger partial charge in [0.2, 0.25) is 0 Å². The molecule has 2 aromatic rings. The summed E-state index contributed by atoms with van der Waals surface area (Å²) in [6.07, 6.45) is -2.14. The molecule has 2 aromatic carbocycles. The quantitative estimate of drug-likeness (QED) is 0.321. The Balaban J connectivity index is 1.75. The molecule has 6 nitrogen and oxygen atoms in total. The summed E-state index contributed by atoms with van der Waals surface area (Å²) in [5.41, 5.74) is -3.13. The maximum absolute atomic E-state index is 15.0. The molecule has 2 N–H and O–H groups in total. The summed E-state index contributed by atoms with van der Waals surface area (Å²) < 4.78 is 110. The third kappa shape index (κ3) is 8.35. The van der Waals surface area contributed by atoms with Gasteiger partial charge in [0.15, 0.2) is 17.3 Å². The van der Waals surface area contributed by atoms with Crippen LogP contribution in [-0.4, -0.2) is 51.6 Å². The number of anilines is 1. The molecule has 13 heteroatoms. The fourth-order valence-electron chi connectivity index (χ4n) is 4.56. The summed E-state index contributed by atoms with van der Waals surface area (Å²) in [5, 5.41) is 2.76. The van der Waals surface area contributed by atoms with Crippen LogP contribution in [0.25, 0.3) is 0 Å². The molecule has 0 aromatic heterocycles. The average molecular weight is 594 g/mol. The van der Waals surface area contributed by atoms with Crippen molar-refractivity contribution in [2.45, 2.75) is 74.1 Å². The Morgan fingerprint density at radius 3 is 2.10 bits per heavy atom. The third-order valence-corrected chi connectivity index (χ3v) is 8.25. The van der Waals surface area contributed by atoms with Crippen LogP contribution in [0.15, 0.2) is 41.3 Å². The molecule has 0 radical (unpaired) electrons. The Labute approximate surface area is 230 Å². The highest BCUT2D eigenvalue weighted by atomic mass is 32.2. The number of nitrogens with one attached hydrogen (secondary N) is 2. The highest BCUT2D eigenvalue weighted by molar-refractivity contribution is 7.90. The molecule has 1 amide bonds. The van der Waals surface area contributed by atoms with Crippen molar-refractivity contribution < 1.29 is 39.6 Å². The number of hydrogen-bond acceptors (Lipinski definition) is 5. The molecule has 0 spiro atoms. The van der Waals surface area contributed by atoms with E-state index in [1.54, 1.807) is 18.8 Å². The molecular weight excluding hydrogens is 560 g/mol. The van der Waals surface area contributed by atoms with Crippen LogP contribution in [0.2, 0.25) is 0 Å². The largest absolute Gasteiger partial charge is 0.416 e. The molecule has 0 unspecified atom stereocenters. The molecule has 40 heavy (non-hydrogen) atoms. The van der Waals surface area contributed by atoms with Gasteiger partial charge >= 0.3 is 6.18 Å². The fourth-order valence-corrected chi connectivity index (χ4v) is 5.62. The Morgan fingerprint density at radius 2 is 1.57 bits per heavy atom. The normalized spacial score (nSPS) is 16.5. The summed E-state index contributed by atoms with van der Waals surface area (Å²) in [4.78, 5) is 13.3. The van der Waals surface area contributed by atoms with E-state index in [9.17, 15) is 30.8 Å². The van der Waals surface area contributed by atoms with Gasteiger partial charge in [0, 0.05) is 6.04 Å².